The van der Waals surface area contributed by atoms with Crippen LogP contribution in [-0.4, -0.2) is 54.5 Å². The Morgan fingerprint density at radius 1 is 1.24 bits per heavy atom. The van der Waals surface area contributed by atoms with E-state index in [1.807, 2.05) is 20.8 Å². The summed E-state index contributed by atoms with van der Waals surface area (Å²) < 4.78 is 10.3. The minimum atomic E-state index is -0.776. The number of ether oxygens (including phenoxy) is 2. The van der Waals surface area contributed by atoms with Crippen molar-refractivity contribution in [2.45, 2.75) is 52.1 Å². The van der Waals surface area contributed by atoms with Crippen LogP contribution in [0.4, 0.5) is 4.79 Å². The van der Waals surface area contributed by atoms with E-state index in [1.54, 1.807) is 12.0 Å². The summed E-state index contributed by atoms with van der Waals surface area (Å²) in [6.07, 6.45) is 1.86. The average molecular weight is 301 g/mol. The van der Waals surface area contributed by atoms with Gasteiger partial charge in [-0.05, 0) is 46.5 Å². The summed E-state index contributed by atoms with van der Waals surface area (Å²) in [5, 5.41) is 9.52. The van der Waals surface area contributed by atoms with Gasteiger partial charge in [0.05, 0.1) is 5.41 Å². The lowest BCUT2D eigenvalue weighted by molar-refractivity contribution is -0.152. The first-order chi connectivity index (χ1) is 9.70. The number of piperidine rings is 1. The Bertz CT molecular complexity index is 367. The number of likely N-dealkylation sites (tertiary alicyclic amines) is 1. The van der Waals surface area contributed by atoms with E-state index >= 15 is 0 Å². The van der Waals surface area contributed by atoms with Gasteiger partial charge in [-0.2, -0.15) is 0 Å². The van der Waals surface area contributed by atoms with Crippen LogP contribution in [0.25, 0.3) is 0 Å². The molecule has 1 rings (SSSR count). The van der Waals surface area contributed by atoms with Gasteiger partial charge in [-0.15, -0.1) is 0 Å². The predicted octanol–water partition coefficient (Wildman–Crippen LogP) is 2.51. The van der Waals surface area contributed by atoms with E-state index in [2.05, 4.69) is 0 Å². The first-order valence-corrected chi connectivity index (χ1v) is 7.40. The van der Waals surface area contributed by atoms with Gasteiger partial charge in [0.25, 0.3) is 0 Å². The van der Waals surface area contributed by atoms with E-state index in [4.69, 9.17) is 9.47 Å². The molecule has 0 bridgehead atoms. The van der Waals surface area contributed by atoms with E-state index < -0.39 is 17.0 Å². The molecule has 1 heterocycles. The van der Waals surface area contributed by atoms with Crippen LogP contribution in [-0.2, 0) is 14.3 Å². The van der Waals surface area contributed by atoms with Crippen molar-refractivity contribution in [2.75, 3.05) is 26.8 Å². The molecule has 21 heavy (non-hydrogen) atoms. The quantitative estimate of drug-likeness (QED) is 0.790. The number of carboxylic acids is 1. The van der Waals surface area contributed by atoms with E-state index in [0.717, 1.165) is 6.42 Å². The third-order valence-corrected chi connectivity index (χ3v) is 3.83. The minimum Gasteiger partial charge on any atom is -0.481 e. The van der Waals surface area contributed by atoms with E-state index in [-0.39, 0.29) is 6.09 Å². The molecule has 0 radical (unpaired) electrons. The summed E-state index contributed by atoms with van der Waals surface area (Å²) in [7, 11) is 1.61. The van der Waals surface area contributed by atoms with Crippen LogP contribution < -0.4 is 0 Å². The number of aliphatic carboxylic acids is 1. The Balaban J connectivity index is 2.58. The lowest BCUT2D eigenvalue weighted by Gasteiger charge is -2.39. The number of rotatable bonds is 5. The topological polar surface area (TPSA) is 76.1 Å². The molecule has 0 unspecified atom stereocenters. The Labute approximate surface area is 126 Å². The van der Waals surface area contributed by atoms with Gasteiger partial charge in [-0.1, -0.05) is 0 Å². The average Bonchev–Trinajstić information content (AvgIpc) is 2.37. The zero-order chi connectivity index (χ0) is 16.1. The number of amides is 1. The Kier molecular flexibility index (Phi) is 6.01. The van der Waals surface area contributed by atoms with Crippen LogP contribution in [0.3, 0.4) is 0 Å². The van der Waals surface area contributed by atoms with Crippen LogP contribution in [0.2, 0.25) is 0 Å². The standard InChI is InChI=1S/C15H27NO5/c1-14(2,3)21-13(19)16-9-7-15(8-10-16,12(17)18)6-5-11-20-4/h5-11H2,1-4H3,(H,17,18). The second kappa shape index (κ2) is 7.11. The van der Waals surface area contributed by atoms with Gasteiger partial charge in [0.2, 0.25) is 0 Å². The second-order valence-corrected chi connectivity index (χ2v) is 6.65. The molecule has 0 aromatic rings. The summed E-state index contributed by atoms with van der Waals surface area (Å²) in [5.41, 5.74) is -1.27. The second-order valence-electron chi connectivity index (χ2n) is 6.65. The van der Waals surface area contributed by atoms with E-state index in [9.17, 15) is 14.7 Å². The van der Waals surface area contributed by atoms with Crippen molar-refractivity contribution >= 4 is 12.1 Å². The summed E-state index contributed by atoms with van der Waals surface area (Å²) in [4.78, 5) is 25.2. The fourth-order valence-corrected chi connectivity index (χ4v) is 2.57. The number of nitrogens with zero attached hydrogens (tertiary/aromatic N) is 1. The maximum Gasteiger partial charge on any atom is 0.410 e. The molecular weight excluding hydrogens is 274 g/mol. The van der Waals surface area contributed by atoms with Crippen LogP contribution in [0.15, 0.2) is 0 Å². The van der Waals surface area contributed by atoms with Crippen molar-refractivity contribution < 1.29 is 24.2 Å². The first kappa shape index (κ1) is 17.8. The Morgan fingerprint density at radius 3 is 2.24 bits per heavy atom. The zero-order valence-electron chi connectivity index (χ0n) is 13.5. The molecule has 6 heteroatoms. The van der Waals surface area contributed by atoms with Crippen LogP contribution >= 0.6 is 0 Å². The van der Waals surface area contributed by atoms with Crippen molar-refractivity contribution in [1.29, 1.82) is 0 Å². The van der Waals surface area contributed by atoms with Crippen molar-refractivity contribution in [3.05, 3.63) is 0 Å². The zero-order valence-corrected chi connectivity index (χ0v) is 13.5. The molecule has 0 aromatic carbocycles. The summed E-state index contributed by atoms with van der Waals surface area (Å²) in [5.74, 6) is -0.776. The van der Waals surface area contributed by atoms with Crippen LogP contribution in [0.5, 0.6) is 0 Å². The van der Waals surface area contributed by atoms with Gasteiger partial charge in [-0.25, -0.2) is 4.79 Å². The highest BCUT2D eigenvalue weighted by molar-refractivity contribution is 5.75. The van der Waals surface area contributed by atoms with E-state index in [1.165, 1.54) is 0 Å². The number of hydrogen-bond acceptors (Lipinski definition) is 4. The van der Waals surface area contributed by atoms with Crippen LogP contribution in [0.1, 0.15) is 46.5 Å². The number of hydrogen-bond donors (Lipinski definition) is 1. The molecular formula is C15H27NO5. The SMILES string of the molecule is COCCCC1(C(=O)O)CCN(C(=O)OC(C)(C)C)CC1. The molecule has 1 saturated heterocycles. The summed E-state index contributed by atoms with van der Waals surface area (Å²) >= 11 is 0. The molecule has 0 atom stereocenters. The van der Waals surface area contributed by atoms with Crippen molar-refractivity contribution in [2.24, 2.45) is 5.41 Å². The number of carbonyl (C=O) groups excluding carboxylic acids is 1. The highest BCUT2D eigenvalue weighted by atomic mass is 16.6. The van der Waals surface area contributed by atoms with Crippen molar-refractivity contribution in [3.63, 3.8) is 0 Å². The lowest BCUT2D eigenvalue weighted by atomic mass is 9.75. The first-order valence-electron chi connectivity index (χ1n) is 7.40. The third kappa shape index (κ3) is 5.19. The Hall–Kier alpha value is -1.30. The smallest absolute Gasteiger partial charge is 0.410 e. The molecule has 6 nitrogen and oxygen atoms in total. The molecule has 1 N–H and O–H groups in total. The van der Waals surface area contributed by atoms with Crippen molar-refractivity contribution in [1.82, 2.24) is 4.90 Å². The van der Waals surface area contributed by atoms with Crippen LogP contribution in [0, 0.1) is 5.41 Å². The lowest BCUT2D eigenvalue weighted by Crippen LogP contribution is -2.48. The maximum atomic E-state index is 12.0. The predicted molar refractivity (Wildman–Crippen MR) is 78.2 cm³/mol. The minimum absolute atomic E-state index is 0.363. The van der Waals surface area contributed by atoms with E-state index in [0.29, 0.717) is 39.0 Å². The molecule has 0 spiro atoms. The third-order valence-electron chi connectivity index (χ3n) is 3.83. The monoisotopic (exact) mass is 301 g/mol. The summed E-state index contributed by atoms with van der Waals surface area (Å²) in [6.45, 7) is 6.87. The van der Waals surface area contributed by atoms with Gasteiger partial charge in [-0.3, -0.25) is 4.79 Å². The summed E-state index contributed by atoms with van der Waals surface area (Å²) in [6, 6.07) is 0. The molecule has 0 aliphatic carbocycles. The highest BCUT2D eigenvalue weighted by Crippen LogP contribution is 2.37. The molecule has 1 fully saturated rings. The van der Waals surface area contributed by atoms with Gasteiger partial charge >= 0.3 is 12.1 Å². The molecule has 122 valence electrons. The fraction of sp³-hybridized carbons (Fsp3) is 0.867. The maximum absolute atomic E-state index is 12.0. The van der Waals surface area contributed by atoms with Gasteiger partial charge in [0, 0.05) is 26.8 Å². The number of methoxy groups -OCH3 is 1. The number of carboxylic acid groups (broad SMARTS) is 1. The molecule has 1 amide bonds. The fourth-order valence-electron chi connectivity index (χ4n) is 2.57. The van der Waals surface area contributed by atoms with Gasteiger partial charge in [0.1, 0.15) is 5.60 Å². The van der Waals surface area contributed by atoms with Gasteiger partial charge < -0.3 is 19.5 Å². The normalized spacial score (nSPS) is 18.4. The molecule has 1 aliphatic rings. The van der Waals surface area contributed by atoms with Gasteiger partial charge in [0.15, 0.2) is 0 Å². The molecule has 0 saturated carbocycles. The highest BCUT2D eigenvalue weighted by Gasteiger charge is 2.42. The van der Waals surface area contributed by atoms with Crippen molar-refractivity contribution in [3.8, 4) is 0 Å². The molecule has 1 aliphatic heterocycles. The molecule has 0 aromatic heterocycles. The number of carbonyl (C=O) groups is 2. The Morgan fingerprint density at radius 2 is 1.81 bits per heavy atom. The largest absolute Gasteiger partial charge is 0.481 e.